The number of carbonyl (C=O) groups is 1. The van der Waals surface area contributed by atoms with E-state index in [1.54, 1.807) is 30.2 Å². The highest BCUT2D eigenvalue weighted by Gasteiger charge is 2.36. The van der Waals surface area contributed by atoms with Gasteiger partial charge >= 0.3 is 0 Å². The first-order valence-corrected chi connectivity index (χ1v) is 11.1. The highest BCUT2D eigenvalue weighted by Crippen LogP contribution is 2.40. The molecule has 2 aromatic heterocycles. The number of halogens is 1. The lowest BCUT2D eigenvalue weighted by Crippen LogP contribution is -2.40. The van der Waals surface area contributed by atoms with Crippen LogP contribution in [0.5, 0.6) is 5.75 Å². The third-order valence-corrected chi connectivity index (χ3v) is 6.17. The third kappa shape index (κ3) is 3.88. The van der Waals surface area contributed by atoms with Gasteiger partial charge in [-0.05, 0) is 53.8 Å². The Labute approximate surface area is 191 Å². The van der Waals surface area contributed by atoms with E-state index in [1.165, 1.54) is 12.1 Å². The van der Waals surface area contributed by atoms with Crippen LogP contribution in [-0.2, 0) is 12.8 Å². The molecule has 170 valence electrons. The summed E-state index contributed by atoms with van der Waals surface area (Å²) in [6.45, 7) is 4.68. The second kappa shape index (κ2) is 8.39. The number of aromatic amines is 1. The minimum absolute atomic E-state index is 0.204. The number of amides is 1. The van der Waals surface area contributed by atoms with Gasteiger partial charge in [0.2, 0.25) is 0 Å². The van der Waals surface area contributed by atoms with Gasteiger partial charge < -0.3 is 19.1 Å². The highest BCUT2D eigenvalue weighted by atomic mass is 19.1. The van der Waals surface area contributed by atoms with Crippen LogP contribution in [0.3, 0.4) is 0 Å². The Hall–Kier alpha value is -3.61. The van der Waals surface area contributed by atoms with E-state index in [0.29, 0.717) is 30.3 Å². The van der Waals surface area contributed by atoms with Crippen LogP contribution < -0.4 is 4.74 Å². The van der Waals surface area contributed by atoms with Crippen LogP contribution in [-0.4, -0.2) is 34.6 Å². The molecule has 0 radical (unpaired) electrons. The summed E-state index contributed by atoms with van der Waals surface area (Å²) in [5, 5.41) is 5.13. The molecule has 0 saturated carbocycles. The normalized spacial score (nSPS) is 15.8. The molecule has 5 rings (SSSR count). The van der Waals surface area contributed by atoms with Gasteiger partial charge in [-0.15, -0.1) is 0 Å². The molecule has 1 amide bonds. The van der Waals surface area contributed by atoms with Crippen molar-refractivity contribution in [2.24, 2.45) is 5.92 Å². The van der Waals surface area contributed by atoms with Gasteiger partial charge in [0.25, 0.3) is 5.91 Å². The van der Waals surface area contributed by atoms with E-state index in [2.05, 4.69) is 24.0 Å². The number of carbonyl (C=O) groups excluding carboxylic acids is 1. The third-order valence-electron chi connectivity index (χ3n) is 6.17. The van der Waals surface area contributed by atoms with Crippen molar-refractivity contribution >= 4 is 16.8 Å². The maximum atomic E-state index is 13.7. The van der Waals surface area contributed by atoms with Crippen LogP contribution in [0.2, 0.25) is 0 Å². The highest BCUT2D eigenvalue weighted by molar-refractivity contribution is 5.94. The lowest BCUT2D eigenvalue weighted by molar-refractivity contribution is 0.0681. The summed E-state index contributed by atoms with van der Waals surface area (Å²) in [7, 11) is 1.65. The number of nitrogens with zero attached hydrogens (tertiary/aromatic N) is 2. The van der Waals surface area contributed by atoms with Gasteiger partial charge in [0.05, 0.1) is 13.2 Å². The van der Waals surface area contributed by atoms with Crippen molar-refractivity contribution in [2.45, 2.75) is 32.7 Å². The first-order valence-electron chi connectivity index (χ1n) is 11.1. The summed E-state index contributed by atoms with van der Waals surface area (Å²) in [5.41, 5.74) is 4.16. The molecule has 0 aliphatic carbocycles. The molecule has 3 heterocycles. The molecule has 0 bridgehead atoms. The van der Waals surface area contributed by atoms with Gasteiger partial charge in [-0.3, -0.25) is 4.79 Å². The number of ether oxygens (including phenoxy) is 1. The maximum absolute atomic E-state index is 13.7. The zero-order valence-corrected chi connectivity index (χ0v) is 18.9. The van der Waals surface area contributed by atoms with Crippen LogP contribution in [0.15, 0.2) is 53.1 Å². The molecule has 0 fully saturated rings. The fourth-order valence-corrected chi connectivity index (χ4v) is 4.66. The van der Waals surface area contributed by atoms with Crippen molar-refractivity contribution in [3.05, 3.63) is 82.6 Å². The SMILES string of the molecule is COc1ccc2[nH]c3c(c2c1)CCN(C(=O)c1cc(CC(C)C)on1)C3c1ccc(F)cc1. The first kappa shape index (κ1) is 21.2. The Kier molecular flexibility index (Phi) is 5.40. The number of benzene rings is 2. The summed E-state index contributed by atoms with van der Waals surface area (Å²) < 4.78 is 24.5. The Balaban J connectivity index is 1.59. The predicted molar refractivity (Wildman–Crippen MR) is 123 cm³/mol. The van der Waals surface area contributed by atoms with Crippen LogP contribution in [0.1, 0.15) is 53.0 Å². The summed E-state index contributed by atoms with van der Waals surface area (Å²) in [4.78, 5) is 18.9. The first-order chi connectivity index (χ1) is 15.9. The number of fused-ring (bicyclic) bond motifs is 3. The van der Waals surface area contributed by atoms with E-state index in [9.17, 15) is 9.18 Å². The quantitative estimate of drug-likeness (QED) is 0.451. The molecular formula is C26H26FN3O3. The zero-order chi connectivity index (χ0) is 23.1. The summed E-state index contributed by atoms with van der Waals surface area (Å²) >= 11 is 0. The Morgan fingerprint density at radius 3 is 2.76 bits per heavy atom. The van der Waals surface area contributed by atoms with Crippen LogP contribution in [0, 0.1) is 11.7 Å². The molecular weight excluding hydrogens is 421 g/mol. The molecule has 6 nitrogen and oxygen atoms in total. The number of H-pyrrole nitrogens is 1. The zero-order valence-electron chi connectivity index (χ0n) is 18.9. The average molecular weight is 448 g/mol. The molecule has 0 spiro atoms. The smallest absolute Gasteiger partial charge is 0.276 e. The Morgan fingerprint density at radius 2 is 2.03 bits per heavy atom. The Bertz CT molecular complexity index is 1310. The summed E-state index contributed by atoms with van der Waals surface area (Å²) in [6.07, 6.45) is 1.40. The van der Waals surface area contributed by atoms with E-state index in [0.717, 1.165) is 39.9 Å². The summed E-state index contributed by atoms with van der Waals surface area (Å²) in [6, 6.07) is 13.6. The molecule has 1 aliphatic rings. The number of aromatic nitrogens is 2. The molecule has 7 heteroatoms. The van der Waals surface area contributed by atoms with Crippen LogP contribution in [0.25, 0.3) is 10.9 Å². The number of hydrogen-bond acceptors (Lipinski definition) is 4. The monoisotopic (exact) mass is 447 g/mol. The van der Waals surface area contributed by atoms with Crippen molar-refractivity contribution in [3.8, 4) is 5.75 Å². The van der Waals surface area contributed by atoms with Gasteiger partial charge in [-0.1, -0.05) is 31.1 Å². The van der Waals surface area contributed by atoms with Gasteiger partial charge in [-0.2, -0.15) is 0 Å². The van der Waals surface area contributed by atoms with Gasteiger partial charge in [-0.25, -0.2) is 4.39 Å². The largest absolute Gasteiger partial charge is 0.497 e. The van der Waals surface area contributed by atoms with E-state index in [-0.39, 0.29) is 11.7 Å². The van der Waals surface area contributed by atoms with Gasteiger partial charge in [0, 0.05) is 35.6 Å². The maximum Gasteiger partial charge on any atom is 0.276 e. The second-order valence-corrected chi connectivity index (χ2v) is 8.91. The number of hydrogen-bond donors (Lipinski definition) is 1. The topological polar surface area (TPSA) is 71.4 Å². The van der Waals surface area contributed by atoms with E-state index in [1.807, 2.05) is 18.2 Å². The fourth-order valence-electron chi connectivity index (χ4n) is 4.66. The van der Waals surface area contributed by atoms with Crippen LogP contribution in [0.4, 0.5) is 4.39 Å². The summed E-state index contributed by atoms with van der Waals surface area (Å²) in [5.74, 6) is 1.35. The van der Waals surface area contributed by atoms with Crippen molar-refractivity contribution in [2.75, 3.05) is 13.7 Å². The van der Waals surface area contributed by atoms with E-state index >= 15 is 0 Å². The van der Waals surface area contributed by atoms with Crippen LogP contribution >= 0.6 is 0 Å². The molecule has 0 saturated heterocycles. The van der Waals surface area contributed by atoms with E-state index < -0.39 is 6.04 Å². The Morgan fingerprint density at radius 1 is 1.24 bits per heavy atom. The van der Waals surface area contributed by atoms with Crippen molar-refractivity contribution in [1.29, 1.82) is 0 Å². The fraction of sp³-hybridized carbons (Fsp3) is 0.308. The number of methoxy groups -OCH3 is 1. The van der Waals surface area contributed by atoms with Crippen molar-refractivity contribution in [1.82, 2.24) is 15.0 Å². The number of nitrogens with one attached hydrogen (secondary N) is 1. The van der Waals surface area contributed by atoms with Gasteiger partial charge in [0.1, 0.15) is 17.3 Å². The lowest BCUT2D eigenvalue weighted by atomic mass is 9.92. The molecule has 1 atom stereocenters. The molecule has 4 aromatic rings. The molecule has 2 aromatic carbocycles. The standard InChI is InChI=1S/C26H26FN3O3/c1-15(2)12-19-14-23(29-33-19)26(31)30-11-10-20-21-13-18(32-3)8-9-22(21)28-24(20)25(30)16-4-6-17(27)7-5-16/h4-9,13-15,25,28H,10-12H2,1-3H3. The van der Waals surface area contributed by atoms with E-state index in [4.69, 9.17) is 9.26 Å². The molecule has 1 N–H and O–H groups in total. The molecule has 1 aliphatic heterocycles. The van der Waals surface area contributed by atoms with Crippen molar-refractivity contribution < 1.29 is 18.4 Å². The van der Waals surface area contributed by atoms with Crippen molar-refractivity contribution in [3.63, 3.8) is 0 Å². The number of rotatable bonds is 5. The lowest BCUT2D eigenvalue weighted by Gasteiger charge is -2.35. The average Bonchev–Trinajstić information content (AvgIpc) is 3.42. The molecule has 1 unspecified atom stereocenters. The predicted octanol–water partition coefficient (Wildman–Crippen LogP) is 5.29. The van der Waals surface area contributed by atoms with Gasteiger partial charge in [0.15, 0.2) is 5.69 Å². The molecule has 33 heavy (non-hydrogen) atoms. The minimum atomic E-state index is -0.398. The minimum Gasteiger partial charge on any atom is -0.497 e. The second-order valence-electron chi connectivity index (χ2n) is 8.91.